The SMILES string of the molecule is COC(=O)/C=C1/C(C(=O)OC)=NOc2ccc(Cl)cc21. The highest BCUT2D eigenvalue weighted by Crippen LogP contribution is 2.33. The summed E-state index contributed by atoms with van der Waals surface area (Å²) in [6, 6.07) is 4.75. The Bertz CT molecular complexity index is 636. The first kappa shape index (κ1) is 14.1. The van der Waals surface area contributed by atoms with Crippen molar-refractivity contribution >= 4 is 34.8 Å². The second-order valence-corrected chi connectivity index (χ2v) is 4.18. The number of benzene rings is 1. The zero-order chi connectivity index (χ0) is 14.7. The molecule has 0 saturated heterocycles. The third-order valence-corrected chi connectivity index (χ3v) is 2.80. The fourth-order valence-electron chi connectivity index (χ4n) is 1.63. The average Bonchev–Trinajstić information content (AvgIpc) is 2.46. The van der Waals surface area contributed by atoms with Crippen LogP contribution in [-0.4, -0.2) is 31.9 Å². The van der Waals surface area contributed by atoms with Gasteiger partial charge < -0.3 is 14.3 Å². The number of carbonyl (C=O) groups excluding carboxylic acids is 2. The third-order valence-electron chi connectivity index (χ3n) is 2.56. The molecule has 104 valence electrons. The molecule has 2 rings (SSSR count). The summed E-state index contributed by atoms with van der Waals surface area (Å²) in [5, 5.41) is 4.09. The van der Waals surface area contributed by atoms with Gasteiger partial charge in [0.25, 0.3) is 0 Å². The molecule has 0 N–H and O–H groups in total. The first-order valence-corrected chi connectivity index (χ1v) is 5.88. The Labute approximate surface area is 119 Å². The van der Waals surface area contributed by atoms with Crippen molar-refractivity contribution in [1.29, 1.82) is 0 Å². The summed E-state index contributed by atoms with van der Waals surface area (Å²) < 4.78 is 9.17. The first-order chi connectivity index (χ1) is 9.56. The molecule has 20 heavy (non-hydrogen) atoms. The molecule has 1 heterocycles. The maximum absolute atomic E-state index is 11.7. The molecule has 0 fully saturated rings. The fraction of sp³-hybridized carbons (Fsp3) is 0.154. The Morgan fingerprint density at radius 1 is 1.30 bits per heavy atom. The van der Waals surface area contributed by atoms with Crippen molar-refractivity contribution in [3.63, 3.8) is 0 Å². The lowest BCUT2D eigenvalue weighted by Gasteiger charge is -2.17. The molecule has 0 saturated carbocycles. The van der Waals surface area contributed by atoms with Gasteiger partial charge in [-0.25, -0.2) is 9.59 Å². The fourth-order valence-corrected chi connectivity index (χ4v) is 1.80. The zero-order valence-corrected chi connectivity index (χ0v) is 11.4. The van der Waals surface area contributed by atoms with Crippen LogP contribution in [0.25, 0.3) is 5.57 Å². The Hall–Kier alpha value is -2.34. The Morgan fingerprint density at radius 3 is 2.70 bits per heavy atom. The summed E-state index contributed by atoms with van der Waals surface area (Å²) in [5.74, 6) is -0.993. The maximum atomic E-state index is 11.7. The van der Waals surface area contributed by atoms with Gasteiger partial charge in [-0.15, -0.1) is 0 Å². The largest absolute Gasteiger partial charge is 0.466 e. The second-order valence-electron chi connectivity index (χ2n) is 3.74. The number of halogens is 1. The van der Waals surface area contributed by atoms with Crippen LogP contribution in [0.15, 0.2) is 29.4 Å². The Morgan fingerprint density at radius 2 is 2.05 bits per heavy atom. The second kappa shape index (κ2) is 5.75. The minimum absolute atomic E-state index is 0.132. The molecule has 0 radical (unpaired) electrons. The summed E-state index contributed by atoms with van der Waals surface area (Å²) >= 11 is 5.92. The molecule has 0 aromatic heterocycles. The number of methoxy groups -OCH3 is 2. The van der Waals surface area contributed by atoms with Crippen LogP contribution in [0.1, 0.15) is 5.56 Å². The molecule has 0 atom stereocenters. The van der Waals surface area contributed by atoms with Crippen LogP contribution in [0.5, 0.6) is 5.75 Å². The van der Waals surface area contributed by atoms with Crippen molar-refractivity contribution in [1.82, 2.24) is 0 Å². The standard InChI is InChI=1S/C13H10ClNO5/c1-18-11(16)6-9-8-5-7(14)3-4-10(8)20-15-12(9)13(17)19-2/h3-6H,1-2H3/b9-6+. The van der Waals surface area contributed by atoms with Gasteiger partial charge in [-0.05, 0) is 18.2 Å². The van der Waals surface area contributed by atoms with Crippen LogP contribution in [0.3, 0.4) is 0 Å². The number of ether oxygens (including phenoxy) is 2. The Balaban J connectivity index is 2.58. The molecule has 1 aromatic rings. The van der Waals surface area contributed by atoms with Crippen LogP contribution in [0, 0.1) is 0 Å². The molecule has 0 bridgehead atoms. The van der Waals surface area contributed by atoms with Crippen LogP contribution in [0.4, 0.5) is 0 Å². The lowest BCUT2D eigenvalue weighted by molar-refractivity contribution is -0.134. The van der Waals surface area contributed by atoms with Gasteiger partial charge in [0.05, 0.1) is 14.2 Å². The molecule has 0 aliphatic carbocycles. The zero-order valence-electron chi connectivity index (χ0n) is 10.7. The summed E-state index contributed by atoms with van der Waals surface area (Å²) in [6.07, 6.45) is 1.13. The van der Waals surface area contributed by atoms with Crippen LogP contribution >= 0.6 is 11.6 Å². The van der Waals surface area contributed by atoms with E-state index in [2.05, 4.69) is 14.6 Å². The van der Waals surface area contributed by atoms with Crippen LogP contribution in [-0.2, 0) is 19.1 Å². The summed E-state index contributed by atoms with van der Waals surface area (Å²) in [7, 11) is 2.43. The van der Waals surface area contributed by atoms with Crippen molar-refractivity contribution in [2.75, 3.05) is 14.2 Å². The van der Waals surface area contributed by atoms with Crippen molar-refractivity contribution in [2.45, 2.75) is 0 Å². The number of fused-ring (bicyclic) bond motifs is 1. The summed E-state index contributed by atoms with van der Waals surface area (Å²) in [5.41, 5.74) is 0.554. The number of esters is 2. The van der Waals surface area contributed by atoms with E-state index in [1.54, 1.807) is 18.2 Å². The van der Waals surface area contributed by atoms with Gasteiger partial charge in [0.15, 0.2) is 11.5 Å². The van der Waals surface area contributed by atoms with Crippen LogP contribution < -0.4 is 4.84 Å². The molecule has 6 nitrogen and oxygen atoms in total. The van der Waals surface area contributed by atoms with Crippen molar-refractivity contribution in [2.24, 2.45) is 5.16 Å². The quantitative estimate of drug-likeness (QED) is 0.614. The highest BCUT2D eigenvalue weighted by molar-refractivity contribution is 6.55. The van der Waals surface area contributed by atoms with Gasteiger partial charge in [-0.2, -0.15) is 0 Å². The van der Waals surface area contributed by atoms with E-state index in [1.807, 2.05) is 0 Å². The van der Waals surface area contributed by atoms with E-state index in [9.17, 15) is 9.59 Å². The van der Waals surface area contributed by atoms with Crippen LogP contribution in [0.2, 0.25) is 5.02 Å². The van der Waals surface area contributed by atoms with Crippen molar-refractivity contribution in [3.05, 3.63) is 34.9 Å². The molecule has 0 spiro atoms. The molecule has 1 aliphatic heterocycles. The highest BCUT2D eigenvalue weighted by atomic mass is 35.5. The predicted octanol–water partition coefficient (Wildman–Crippen LogP) is 1.82. The Kier molecular flexibility index (Phi) is 4.05. The van der Waals surface area contributed by atoms with E-state index >= 15 is 0 Å². The molecular formula is C13H10ClNO5. The van der Waals surface area contributed by atoms with Gasteiger partial charge >= 0.3 is 11.9 Å². The number of nitrogens with zero attached hydrogens (tertiary/aromatic N) is 1. The molecular weight excluding hydrogens is 286 g/mol. The number of rotatable bonds is 2. The molecule has 7 heteroatoms. The predicted molar refractivity (Wildman–Crippen MR) is 71.5 cm³/mol. The van der Waals surface area contributed by atoms with Crippen molar-refractivity contribution in [3.8, 4) is 5.75 Å². The van der Waals surface area contributed by atoms with Gasteiger partial charge in [-0.3, -0.25) is 0 Å². The van der Waals surface area contributed by atoms with Crippen molar-refractivity contribution < 1.29 is 23.9 Å². The van der Waals surface area contributed by atoms with E-state index < -0.39 is 11.9 Å². The number of carbonyl (C=O) groups is 2. The van der Waals surface area contributed by atoms with E-state index in [-0.39, 0.29) is 11.3 Å². The van der Waals surface area contributed by atoms with E-state index in [0.29, 0.717) is 16.3 Å². The van der Waals surface area contributed by atoms with E-state index in [0.717, 1.165) is 6.08 Å². The first-order valence-electron chi connectivity index (χ1n) is 5.50. The van der Waals surface area contributed by atoms with Gasteiger partial charge in [0.2, 0.25) is 0 Å². The summed E-state index contributed by atoms with van der Waals surface area (Å²) in [6.45, 7) is 0. The highest BCUT2D eigenvalue weighted by Gasteiger charge is 2.28. The molecule has 1 aliphatic rings. The average molecular weight is 296 g/mol. The maximum Gasteiger partial charge on any atom is 0.360 e. The molecule has 1 aromatic carbocycles. The number of hydrogen-bond acceptors (Lipinski definition) is 6. The molecule has 0 amide bonds. The minimum Gasteiger partial charge on any atom is -0.466 e. The monoisotopic (exact) mass is 295 g/mol. The van der Waals surface area contributed by atoms with E-state index in [1.165, 1.54) is 14.2 Å². The molecule has 0 unspecified atom stereocenters. The topological polar surface area (TPSA) is 74.2 Å². The van der Waals surface area contributed by atoms with Gasteiger partial charge in [0, 0.05) is 22.2 Å². The number of oxime groups is 1. The lowest BCUT2D eigenvalue weighted by Crippen LogP contribution is -2.22. The normalized spacial score (nSPS) is 14.9. The number of hydrogen-bond donors (Lipinski definition) is 0. The van der Waals surface area contributed by atoms with Gasteiger partial charge in [-0.1, -0.05) is 16.8 Å². The smallest absolute Gasteiger partial charge is 0.360 e. The summed E-state index contributed by atoms with van der Waals surface area (Å²) in [4.78, 5) is 28.2. The minimum atomic E-state index is -0.731. The van der Waals surface area contributed by atoms with Gasteiger partial charge in [0.1, 0.15) is 0 Å². The third kappa shape index (κ3) is 2.65. The lowest BCUT2D eigenvalue weighted by atomic mass is 9.99. The van der Waals surface area contributed by atoms with E-state index in [4.69, 9.17) is 16.4 Å².